The lowest BCUT2D eigenvalue weighted by atomic mass is 10.1. The number of aliphatic carboxylic acids is 1. The van der Waals surface area contributed by atoms with Crippen LogP contribution < -0.4 is 4.90 Å². The SMILES string of the molecule is Cc1ccc(N(C)C(=O)CC(C)C(=O)O)c(C)c1. The van der Waals surface area contributed by atoms with E-state index in [1.807, 2.05) is 32.0 Å². The normalized spacial score (nSPS) is 12.0. The van der Waals surface area contributed by atoms with Crippen LogP contribution in [0.4, 0.5) is 5.69 Å². The number of hydrogen-bond donors (Lipinski definition) is 1. The van der Waals surface area contributed by atoms with Gasteiger partial charge in [-0.1, -0.05) is 24.6 Å². The van der Waals surface area contributed by atoms with Crippen molar-refractivity contribution in [1.29, 1.82) is 0 Å². The Morgan fingerprint density at radius 3 is 2.44 bits per heavy atom. The Morgan fingerprint density at radius 2 is 1.94 bits per heavy atom. The van der Waals surface area contributed by atoms with Crippen LogP contribution in [0.2, 0.25) is 0 Å². The van der Waals surface area contributed by atoms with Crippen molar-refractivity contribution in [3.8, 4) is 0 Å². The second-order valence-corrected chi connectivity index (χ2v) is 4.69. The summed E-state index contributed by atoms with van der Waals surface area (Å²) in [6.07, 6.45) is 0.0130. The van der Waals surface area contributed by atoms with Crippen molar-refractivity contribution in [2.24, 2.45) is 5.92 Å². The van der Waals surface area contributed by atoms with Crippen molar-refractivity contribution in [3.05, 3.63) is 29.3 Å². The van der Waals surface area contributed by atoms with Gasteiger partial charge in [0.2, 0.25) is 5.91 Å². The lowest BCUT2D eigenvalue weighted by molar-refractivity contribution is -0.143. The highest BCUT2D eigenvalue weighted by Crippen LogP contribution is 2.21. The minimum Gasteiger partial charge on any atom is -0.481 e. The summed E-state index contributed by atoms with van der Waals surface area (Å²) in [7, 11) is 1.68. The van der Waals surface area contributed by atoms with Gasteiger partial charge < -0.3 is 10.0 Å². The fourth-order valence-corrected chi connectivity index (χ4v) is 1.80. The van der Waals surface area contributed by atoms with Gasteiger partial charge in [-0.15, -0.1) is 0 Å². The zero-order chi connectivity index (χ0) is 13.9. The van der Waals surface area contributed by atoms with E-state index in [4.69, 9.17) is 5.11 Å². The molecule has 4 heteroatoms. The fraction of sp³-hybridized carbons (Fsp3) is 0.429. The topological polar surface area (TPSA) is 57.6 Å². The number of anilines is 1. The molecule has 0 aromatic heterocycles. The maximum Gasteiger partial charge on any atom is 0.306 e. The molecule has 1 aromatic carbocycles. The molecule has 0 heterocycles. The molecule has 0 saturated heterocycles. The zero-order valence-electron chi connectivity index (χ0n) is 11.2. The first-order chi connectivity index (χ1) is 8.32. The second kappa shape index (κ2) is 5.67. The molecule has 18 heavy (non-hydrogen) atoms. The second-order valence-electron chi connectivity index (χ2n) is 4.69. The molecule has 1 rings (SSSR count). The van der Waals surface area contributed by atoms with Gasteiger partial charge in [0, 0.05) is 19.2 Å². The van der Waals surface area contributed by atoms with Crippen LogP contribution in [0.25, 0.3) is 0 Å². The first kappa shape index (κ1) is 14.2. The average molecular weight is 249 g/mol. The largest absolute Gasteiger partial charge is 0.481 e. The lowest BCUT2D eigenvalue weighted by Crippen LogP contribution is -2.30. The number of benzene rings is 1. The van der Waals surface area contributed by atoms with E-state index in [0.717, 1.165) is 16.8 Å². The summed E-state index contributed by atoms with van der Waals surface area (Å²) < 4.78 is 0. The van der Waals surface area contributed by atoms with Gasteiger partial charge in [-0.3, -0.25) is 9.59 Å². The third kappa shape index (κ3) is 3.32. The number of carbonyl (C=O) groups excluding carboxylic acids is 1. The zero-order valence-corrected chi connectivity index (χ0v) is 11.2. The highest BCUT2D eigenvalue weighted by atomic mass is 16.4. The average Bonchev–Trinajstić information content (AvgIpc) is 2.27. The number of rotatable bonds is 4. The van der Waals surface area contributed by atoms with E-state index in [1.54, 1.807) is 7.05 Å². The monoisotopic (exact) mass is 249 g/mol. The van der Waals surface area contributed by atoms with Gasteiger partial charge >= 0.3 is 5.97 Å². The van der Waals surface area contributed by atoms with Crippen LogP contribution in [0.5, 0.6) is 0 Å². The molecule has 0 bridgehead atoms. The predicted molar refractivity (Wildman–Crippen MR) is 70.7 cm³/mol. The minimum atomic E-state index is -0.947. The van der Waals surface area contributed by atoms with E-state index in [0.29, 0.717) is 0 Å². The summed E-state index contributed by atoms with van der Waals surface area (Å²) >= 11 is 0. The maximum absolute atomic E-state index is 12.0. The Morgan fingerprint density at radius 1 is 1.33 bits per heavy atom. The van der Waals surface area contributed by atoms with Crippen LogP contribution in [-0.4, -0.2) is 24.0 Å². The first-order valence-electron chi connectivity index (χ1n) is 5.89. The summed E-state index contributed by atoms with van der Waals surface area (Å²) in [5.41, 5.74) is 2.97. The van der Waals surface area contributed by atoms with E-state index in [1.165, 1.54) is 11.8 Å². The van der Waals surface area contributed by atoms with Crippen LogP contribution in [0.1, 0.15) is 24.5 Å². The van der Waals surface area contributed by atoms with Crippen LogP contribution in [0.3, 0.4) is 0 Å². The highest BCUT2D eigenvalue weighted by molar-refractivity contribution is 5.95. The van der Waals surface area contributed by atoms with Crippen molar-refractivity contribution in [3.63, 3.8) is 0 Å². The molecule has 0 radical (unpaired) electrons. The van der Waals surface area contributed by atoms with E-state index < -0.39 is 11.9 Å². The Hall–Kier alpha value is -1.84. The molecule has 1 amide bonds. The van der Waals surface area contributed by atoms with Crippen molar-refractivity contribution in [1.82, 2.24) is 0 Å². The number of carboxylic acid groups (broad SMARTS) is 1. The Balaban J connectivity index is 2.83. The van der Waals surface area contributed by atoms with Gasteiger partial charge in [-0.25, -0.2) is 0 Å². The maximum atomic E-state index is 12.0. The standard InChI is InChI=1S/C14H19NO3/c1-9-5-6-12(10(2)7-9)15(4)13(16)8-11(3)14(17)18/h5-7,11H,8H2,1-4H3,(H,17,18). The van der Waals surface area contributed by atoms with Gasteiger partial charge in [0.25, 0.3) is 0 Å². The summed E-state index contributed by atoms with van der Waals surface area (Å²) in [5.74, 6) is -1.79. The predicted octanol–water partition coefficient (Wildman–Crippen LogP) is 2.38. The molecule has 1 unspecified atom stereocenters. The smallest absolute Gasteiger partial charge is 0.306 e. The molecule has 0 fully saturated rings. The number of hydrogen-bond acceptors (Lipinski definition) is 2. The van der Waals surface area contributed by atoms with Gasteiger partial charge in [-0.2, -0.15) is 0 Å². The summed E-state index contributed by atoms with van der Waals surface area (Å²) in [4.78, 5) is 24.2. The molecule has 0 aliphatic rings. The number of amides is 1. The van der Waals surface area contributed by atoms with E-state index in [2.05, 4.69) is 0 Å². The molecular weight excluding hydrogens is 230 g/mol. The van der Waals surface area contributed by atoms with Crippen molar-refractivity contribution in [2.45, 2.75) is 27.2 Å². The summed E-state index contributed by atoms with van der Waals surface area (Å²) in [6, 6.07) is 5.82. The number of aryl methyl sites for hydroxylation is 2. The third-order valence-corrected chi connectivity index (χ3v) is 2.99. The number of carboxylic acids is 1. The van der Waals surface area contributed by atoms with E-state index >= 15 is 0 Å². The van der Waals surface area contributed by atoms with Gasteiger partial charge in [0.1, 0.15) is 0 Å². The first-order valence-corrected chi connectivity index (χ1v) is 5.89. The molecule has 1 atom stereocenters. The number of nitrogens with zero attached hydrogens (tertiary/aromatic N) is 1. The van der Waals surface area contributed by atoms with E-state index in [9.17, 15) is 9.59 Å². The molecule has 98 valence electrons. The molecule has 1 N–H and O–H groups in total. The fourth-order valence-electron chi connectivity index (χ4n) is 1.80. The lowest BCUT2D eigenvalue weighted by Gasteiger charge is -2.20. The van der Waals surface area contributed by atoms with Crippen LogP contribution in [-0.2, 0) is 9.59 Å². The molecule has 1 aromatic rings. The van der Waals surface area contributed by atoms with E-state index in [-0.39, 0.29) is 12.3 Å². The van der Waals surface area contributed by atoms with Gasteiger partial charge in [0.05, 0.1) is 5.92 Å². The van der Waals surface area contributed by atoms with Crippen molar-refractivity contribution >= 4 is 17.6 Å². The van der Waals surface area contributed by atoms with Gasteiger partial charge in [0.15, 0.2) is 0 Å². The molecular formula is C14H19NO3. The quantitative estimate of drug-likeness (QED) is 0.891. The third-order valence-electron chi connectivity index (χ3n) is 2.99. The Bertz CT molecular complexity index is 468. The highest BCUT2D eigenvalue weighted by Gasteiger charge is 2.20. The van der Waals surface area contributed by atoms with Crippen LogP contribution >= 0.6 is 0 Å². The molecule has 4 nitrogen and oxygen atoms in total. The Kier molecular flexibility index (Phi) is 4.48. The minimum absolute atomic E-state index is 0.0130. The molecule has 0 spiro atoms. The number of carbonyl (C=O) groups is 2. The van der Waals surface area contributed by atoms with Gasteiger partial charge in [-0.05, 0) is 25.5 Å². The summed E-state index contributed by atoms with van der Waals surface area (Å²) in [5, 5.41) is 8.80. The van der Waals surface area contributed by atoms with Crippen molar-refractivity contribution in [2.75, 3.05) is 11.9 Å². The summed E-state index contributed by atoms with van der Waals surface area (Å²) in [6.45, 7) is 5.47. The molecule has 0 saturated carbocycles. The Labute approximate surface area is 107 Å². The molecule has 0 aliphatic carbocycles. The van der Waals surface area contributed by atoms with Crippen molar-refractivity contribution < 1.29 is 14.7 Å². The molecule has 0 aliphatic heterocycles. The van der Waals surface area contributed by atoms with Crippen LogP contribution in [0.15, 0.2) is 18.2 Å². The van der Waals surface area contributed by atoms with Crippen LogP contribution in [0, 0.1) is 19.8 Å².